The van der Waals surface area contributed by atoms with Crippen LogP contribution in [0.3, 0.4) is 0 Å². The molecule has 4 aromatic rings. The molecule has 35 heavy (non-hydrogen) atoms. The fourth-order valence-corrected chi connectivity index (χ4v) is 4.58. The minimum Gasteiger partial charge on any atom is -0.497 e. The maximum atomic E-state index is 14.1. The molecule has 2 aromatic heterocycles. The van der Waals surface area contributed by atoms with Gasteiger partial charge in [0.15, 0.2) is 0 Å². The SMILES string of the molecule is COc1cccc(-c2cn(C)c3c(=O)n(CC(=O)N4CCN(c5ccccc5F)CC4)cnc23)c1. The predicted molar refractivity (Wildman–Crippen MR) is 132 cm³/mol. The summed E-state index contributed by atoms with van der Waals surface area (Å²) < 4.78 is 22.5. The summed E-state index contributed by atoms with van der Waals surface area (Å²) in [5.41, 5.74) is 2.99. The van der Waals surface area contributed by atoms with Crippen molar-refractivity contribution in [3.05, 3.63) is 77.2 Å². The number of nitrogens with zero attached hydrogens (tertiary/aromatic N) is 5. The van der Waals surface area contributed by atoms with Crippen molar-refractivity contribution in [1.82, 2.24) is 19.0 Å². The van der Waals surface area contributed by atoms with Gasteiger partial charge in [-0.25, -0.2) is 9.37 Å². The van der Waals surface area contributed by atoms with Gasteiger partial charge in [0.05, 0.1) is 19.1 Å². The third-order valence-corrected chi connectivity index (χ3v) is 6.46. The lowest BCUT2D eigenvalue weighted by molar-refractivity contribution is -0.132. The molecule has 1 amide bonds. The second-order valence-corrected chi connectivity index (χ2v) is 8.58. The van der Waals surface area contributed by atoms with Crippen LogP contribution in [0.15, 0.2) is 65.8 Å². The first kappa shape index (κ1) is 22.6. The summed E-state index contributed by atoms with van der Waals surface area (Å²) in [7, 11) is 3.40. The third kappa shape index (κ3) is 4.25. The molecule has 1 saturated heterocycles. The third-order valence-electron chi connectivity index (χ3n) is 6.46. The van der Waals surface area contributed by atoms with Gasteiger partial charge in [0.2, 0.25) is 5.91 Å². The van der Waals surface area contributed by atoms with Crippen molar-refractivity contribution in [2.75, 3.05) is 38.2 Å². The lowest BCUT2D eigenvalue weighted by Gasteiger charge is -2.36. The zero-order chi connectivity index (χ0) is 24.5. The Morgan fingerprint density at radius 3 is 2.60 bits per heavy atom. The Balaban J connectivity index is 1.34. The number of hydrogen-bond donors (Lipinski definition) is 0. The van der Waals surface area contributed by atoms with Crippen LogP contribution in [0, 0.1) is 5.82 Å². The number of amides is 1. The van der Waals surface area contributed by atoms with Gasteiger partial charge in [0, 0.05) is 45.0 Å². The van der Waals surface area contributed by atoms with E-state index in [2.05, 4.69) is 4.98 Å². The second-order valence-electron chi connectivity index (χ2n) is 8.58. The molecule has 5 rings (SSSR count). The van der Waals surface area contributed by atoms with Crippen molar-refractivity contribution in [2.45, 2.75) is 6.54 Å². The largest absolute Gasteiger partial charge is 0.497 e. The van der Waals surface area contributed by atoms with Gasteiger partial charge in [-0.3, -0.25) is 14.2 Å². The molecule has 0 unspecified atom stereocenters. The second kappa shape index (κ2) is 9.25. The smallest absolute Gasteiger partial charge is 0.278 e. The van der Waals surface area contributed by atoms with Crippen LogP contribution in [0.4, 0.5) is 10.1 Å². The Kier molecular flexibility index (Phi) is 5.98. The molecule has 0 radical (unpaired) electrons. The van der Waals surface area contributed by atoms with E-state index in [1.165, 1.54) is 17.0 Å². The van der Waals surface area contributed by atoms with Gasteiger partial charge in [-0.1, -0.05) is 24.3 Å². The Bertz CT molecular complexity index is 1450. The Hall–Kier alpha value is -4.14. The number of rotatable bonds is 5. The van der Waals surface area contributed by atoms with E-state index in [9.17, 15) is 14.0 Å². The van der Waals surface area contributed by atoms with E-state index >= 15 is 0 Å². The zero-order valence-corrected chi connectivity index (χ0v) is 19.6. The van der Waals surface area contributed by atoms with E-state index in [1.54, 1.807) is 41.8 Å². The summed E-state index contributed by atoms with van der Waals surface area (Å²) in [6, 6.07) is 14.2. The first-order chi connectivity index (χ1) is 17.0. The normalized spacial score (nSPS) is 13.9. The number of carbonyl (C=O) groups is 1. The number of aromatic nitrogens is 3. The van der Waals surface area contributed by atoms with Crippen LogP contribution in [-0.4, -0.2) is 58.2 Å². The molecule has 1 fully saturated rings. The van der Waals surface area contributed by atoms with Crippen LogP contribution in [0.2, 0.25) is 0 Å². The van der Waals surface area contributed by atoms with Gasteiger partial charge in [-0.15, -0.1) is 0 Å². The monoisotopic (exact) mass is 475 g/mol. The first-order valence-electron chi connectivity index (χ1n) is 11.4. The van der Waals surface area contributed by atoms with Gasteiger partial charge in [0.25, 0.3) is 5.56 Å². The highest BCUT2D eigenvalue weighted by Gasteiger charge is 2.24. The number of hydrogen-bond acceptors (Lipinski definition) is 5. The quantitative estimate of drug-likeness (QED) is 0.444. The van der Waals surface area contributed by atoms with E-state index in [-0.39, 0.29) is 23.8 Å². The van der Waals surface area contributed by atoms with Gasteiger partial charge >= 0.3 is 0 Å². The van der Waals surface area contributed by atoms with Crippen molar-refractivity contribution in [1.29, 1.82) is 0 Å². The van der Waals surface area contributed by atoms with Gasteiger partial charge in [-0.05, 0) is 29.8 Å². The fraction of sp³-hybridized carbons (Fsp3) is 0.269. The summed E-state index contributed by atoms with van der Waals surface area (Å²) in [4.78, 5) is 34.4. The van der Waals surface area contributed by atoms with E-state index in [4.69, 9.17) is 4.74 Å². The average Bonchev–Trinajstić information content (AvgIpc) is 3.23. The number of anilines is 1. The fourth-order valence-electron chi connectivity index (χ4n) is 4.58. The molecule has 9 heteroatoms. The van der Waals surface area contributed by atoms with Gasteiger partial charge in [-0.2, -0.15) is 0 Å². The van der Waals surface area contributed by atoms with Crippen LogP contribution in [0.1, 0.15) is 0 Å². The highest BCUT2D eigenvalue weighted by Crippen LogP contribution is 2.29. The van der Waals surface area contributed by atoms with Crippen molar-refractivity contribution < 1.29 is 13.9 Å². The Labute approximate surface area is 201 Å². The van der Waals surface area contributed by atoms with E-state index < -0.39 is 0 Å². The standard InChI is InChI=1S/C26H26FN5O3/c1-29-15-20(18-6-5-7-19(14-18)35-2)24-25(29)26(34)32(17-28-24)16-23(33)31-12-10-30(11-13-31)22-9-4-3-8-21(22)27/h3-9,14-15,17H,10-13,16H2,1-2H3. The molecule has 0 bridgehead atoms. The minimum absolute atomic E-state index is 0.0961. The molecule has 0 N–H and O–H groups in total. The van der Waals surface area contributed by atoms with Gasteiger partial charge < -0.3 is 19.1 Å². The maximum absolute atomic E-state index is 14.1. The van der Waals surface area contributed by atoms with E-state index in [1.807, 2.05) is 35.4 Å². The summed E-state index contributed by atoms with van der Waals surface area (Å²) in [5, 5.41) is 0. The van der Waals surface area contributed by atoms with Crippen molar-refractivity contribution in [2.24, 2.45) is 7.05 Å². The van der Waals surface area contributed by atoms with Crippen molar-refractivity contribution >= 4 is 22.6 Å². The number of halogens is 1. The molecule has 3 heterocycles. The molecule has 1 aliphatic rings. The molecule has 1 aliphatic heterocycles. The lowest BCUT2D eigenvalue weighted by atomic mass is 10.1. The first-order valence-corrected chi connectivity index (χ1v) is 11.4. The Morgan fingerprint density at radius 2 is 1.86 bits per heavy atom. The molecule has 0 atom stereocenters. The number of methoxy groups -OCH3 is 1. The number of fused-ring (bicyclic) bond motifs is 1. The molecular weight excluding hydrogens is 449 g/mol. The lowest BCUT2D eigenvalue weighted by Crippen LogP contribution is -2.50. The summed E-state index contributed by atoms with van der Waals surface area (Å²) in [6.07, 6.45) is 3.30. The summed E-state index contributed by atoms with van der Waals surface area (Å²) in [5.74, 6) is 0.284. The van der Waals surface area contributed by atoms with Crippen LogP contribution < -0.4 is 15.2 Å². The zero-order valence-electron chi connectivity index (χ0n) is 19.6. The van der Waals surface area contributed by atoms with Crippen molar-refractivity contribution in [3.63, 3.8) is 0 Å². The molecular formula is C26H26FN5O3. The van der Waals surface area contributed by atoms with E-state index in [0.717, 1.165) is 11.1 Å². The number of ether oxygens (including phenoxy) is 1. The number of benzene rings is 2. The van der Waals surface area contributed by atoms with Crippen LogP contribution >= 0.6 is 0 Å². The molecule has 2 aromatic carbocycles. The number of piperazine rings is 1. The molecule has 0 spiro atoms. The number of carbonyl (C=O) groups excluding carboxylic acids is 1. The van der Waals surface area contributed by atoms with Crippen LogP contribution in [0.25, 0.3) is 22.2 Å². The summed E-state index contributed by atoms with van der Waals surface area (Å²) >= 11 is 0. The van der Waals surface area contributed by atoms with Crippen LogP contribution in [0.5, 0.6) is 5.75 Å². The predicted octanol–water partition coefficient (Wildman–Crippen LogP) is 2.90. The molecule has 0 aliphatic carbocycles. The molecule has 180 valence electrons. The number of aryl methyl sites for hydroxylation is 1. The summed E-state index contributed by atoms with van der Waals surface area (Å²) in [6.45, 7) is 1.88. The van der Waals surface area contributed by atoms with Gasteiger partial charge in [0.1, 0.15) is 29.1 Å². The maximum Gasteiger partial charge on any atom is 0.278 e. The highest BCUT2D eigenvalue weighted by molar-refractivity contribution is 5.92. The molecule has 0 saturated carbocycles. The minimum atomic E-state index is -0.273. The Morgan fingerprint density at radius 1 is 1.09 bits per heavy atom. The molecule has 8 nitrogen and oxygen atoms in total. The van der Waals surface area contributed by atoms with Crippen LogP contribution in [-0.2, 0) is 18.4 Å². The van der Waals surface area contributed by atoms with E-state index in [0.29, 0.717) is 48.6 Å². The average molecular weight is 476 g/mol. The number of para-hydroxylation sites is 1. The highest BCUT2D eigenvalue weighted by atomic mass is 19.1. The topological polar surface area (TPSA) is 72.6 Å². The van der Waals surface area contributed by atoms with Crippen molar-refractivity contribution in [3.8, 4) is 16.9 Å².